The summed E-state index contributed by atoms with van der Waals surface area (Å²) in [4.78, 5) is 11.5. The van der Waals surface area contributed by atoms with Gasteiger partial charge in [-0.3, -0.25) is 0 Å². The second-order valence-corrected chi connectivity index (χ2v) is 5.23. The van der Waals surface area contributed by atoms with Crippen LogP contribution in [0.5, 0.6) is 5.75 Å². The molecule has 118 valence electrons. The van der Waals surface area contributed by atoms with Gasteiger partial charge in [-0.1, -0.05) is 37.3 Å². The maximum Gasteiger partial charge on any atom is 0.344 e. The number of esters is 1. The van der Waals surface area contributed by atoms with E-state index in [1.54, 1.807) is 6.92 Å². The minimum atomic E-state index is -0.360. The third kappa shape index (κ3) is 3.98. The van der Waals surface area contributed by atoms with Crippen molar-refractivity contribution in [1.29, 1.82) is 0 Å². The van der Waals surface area contributed by atoms with Crippen LogP contribution in [0.3, 0.4) is 0 Å². The Morgan fingerprint density at radius 3 is 2.68 bits per heavy atom. The Labute approximate surface area is 131 Å². The molecule has 1 atom stereocenters. The van der Waals surface area contributed by atoms with Crippen LogP contribution in [0.25, 0.3) is 10.8 Å². The predicted octanol–water partition coefficient (Wildman–Crippen LogP) is 3.06. The maximum atomic E-state index is 11.5. The molecule has 0 aliphatic carbocycles. The standard InChI is InChI=1S/C18H23NO3/c1-3-14(19)11-16-15-8-6-5-7-13(15)9-10-17(16)22-12-18(20)21-4-2/h5-10,14H,3-4,11-12,19H2,1-2H3. The van der Waals surface area contributed by atoms with Gasteiger partial charge in [0.05, 0.1) is 6.61 Å². The molecule has 0 aromatic heterocycles. The zero-order valence-corrected chi connectivity index (χ0v) is 13.2. The lowest BCUT2D eigenvalue weighted by Crippen LogP contribution is -2.22. The fraction of sp³-hybridized carbons (Fsp3) is 0.389. The van der Waals surface area contributed by atoms with Crippen molar-refractivity contribution >= 4 is 16.7 Å². The van der Waals surface area contributed by atoms with Gasteiger partial charge in [0, 0.05) is 11.6 Å². The van der Waals surface area contributed by atoms with Crippen LogP contribution in [0, 0.1) is 0 Å². The topological polar surface area (TPSA) is 61.5 Å². The van der Waals surface area contributed by atoms with Crippen molar-refractivity contribution < 1.29 is 14.3 Å². The number of rotatable bonds is 7. The highest BCUT2D eigenvalue weighted by Crippen LogP contribution is 2.29. The smallest absolute Gasteiger partial charge is 0.344 e. The van der Waals surface area contributed by atoms with Gasteiger partial charge in [-0.05, 0) is 36.6 Å². The molecule has 4 heteroatoms. The molecule has 0 saturated carbocycles. The Balaban J connectivity index is 2.31. The summed E-state index contributed by atoms with van der Waals surface area (Å²) in [6, 6.07) is 12.1. The molecule has 4 nitrogen and oxygen atoms in total. The van der Waals surface area contributed by atoms with Gasteiger partial charge in [0.25, 0.3) is 0 Å². The van der Waals surface area contributed by atoms with Crippen molar-refractivity contribution in [3.8, 4) is 5.75 Å². The van der Waals surface area contributed by atoms with Gasteiger partial charge in [-0.2, -0.15) is 0 Å². The van der Waals surface area contributed by atoms with Crippen LogP contribution in [-0.4, -0.2) is 25.2 Å². The molecule has 1 unspecified atom stereocenters. The van der Waals surface area contributed by atoms with Gasteiger partial charge in [-0.25, -0.2) is 4.79 Å². The fourth-order valence-corrected chi connectivity index (χ4v) is 2.41. The number of hydrogen-bond donors (Lipinski definition) is 1. The molecule has 0 fully saturated rings. The minimum Gasteiger partial charge on any atom is -0.482 e. The lowest BCUT2D eigenvalue weighted by atomic mass is 9.97. The molecule has 0 heterocycles. The molecular weight excluding hydrogens is 278 g/mol. The summed E-state index contributed by atoms with van der Waals surface area (Å²) in [5.74, 6) is 0.344. The summed E-state index contributed by atoms with van der Waals surface area (Å²) >= 11 is 0. The molecule has 22 heavy (non-hydrogen) atoms. The predicted molar refractivity (Wildman–Crippen MR) is 88.0 cm³/mol. The Morgan fingerprint density at radius 2 is 1.95 bits per heavy atom. The highest BCUT2D eigenvalue weighted by atomic mass is 16.6. The SMILES string of the molecule is CCOC(=O)COc1ccc2ccccc2c1CC(N)CC. The van der Waals surface area contributed by atoms with Gasteiger partial charge in [0.2, 0.25) is 0 Å². The summed E-state index contributed by atoms with van der Waals surface area (Å²) in [5.41, 5.74) is 7.17. The van der Waals surface area contributed by atoms with Gasteiger partial charge < -0.3 is 15.2 Å². The van der Waals surface area contributed by atoms with E-state index in [1.807, 2.05) is 24.3 Å². The van der Waals surface area contributed by atoms with Crippen molar-refractivity contribution in [2.24, 2.45) is 5.73 Å². The average molecular weight is 301 g/mol. The number of hydrogen-bond acceptors (Lipinski definition) is 4. The van der Waals surface area contributed by atoms with E-state index in [0.717, 1.165) is 29.2 Å². The van der Waals surface area contributed by atoms with Gasteiger partial charge in [-0.15, -0.1) is 0 Å². The molecule has 0 aliphatic rings. The fourth-order valence-electron chi connectivity index (χ4n) is 2.41. The Morgan fingerprint density at radius 1 is 1.18 bits per heavy atom. The summed E-state index contributed by atoms with van der Waals surface area (Å²) in [5, 5.41) is 2.26. The highest BCUT2D eigenvalue weighted by Gasteiger charge is 2.13. The van der Waals surface area contributed by atoms with Crippen molar-refractivity contribution in [2.45, 2.75) is 32.7 Å². The molecule has 2 aromatic rings. The molecule has 0 radical (unpaired) electrons. The summed E-state index contributed by atoms with van der Waals surface area (Å²) in [7, 11) is 0. The van der Waals surface area contributed by atoms with E-state index in [-0.39, 0.29) is 18.6 Å². The average Bonchev–Trinajstić information content (AvgIpc) is 2.54. The Bertz CT molecular complexity index is 639. The summed E-state index contributed by atoms with van der Waals surface area (Å²) in [6.07, 6.45) is 1.61. The highest BCUT2D eigenvalue weighted by molar-refractivity contribution is 5.88. The van der Waals surface area contributed by atoms with Gasteiger partial charge >= 0.3 is 5.97 Å². The van der Waals surface area contributed by atoms with Crippen molar-refractivity contribution in [3.63, 3.8) is 0 Å². The monoisotopic (exact) mass is 301 g/mol. The molecular formula is C18H23NO3. The number of fused-ring (bicyclic) bond motifs is 1. The second kappa shape index (κ2) is 7.80. The molecule has 0 saturated heterocycles. The van der Waals surface area contributed by atoms with Crippen LogP contribution in [0.15, 0.2) is 36.4 Å². The molecule has 0 spiro atoms. The van der Waals surface area contributed by atoms with E-state index in [2.05, 4.69) is 19.1 Å². The molecule has 0 aliphatic heterocycles. The van der Waals surface area contributed by atoms with Crippen LogP contribution in [-0.2, 0) is 16.0 Å². The van der Waals surface area contributed by atoms with Crippen LogP contribution >= 0.6 is 0 Å². The minimum absolute atomic E-state index is 0.0655. The third-order valence-electron chi connectivity index (χ3n) is 3.64. The number of carbonyl (C=O) groups excluding carboxylic acids is 1. The summed E-state index contributed by atoms with van der Waals surface area (Å²) < 4.78 is 10.6. The van der Waals surface area contributed by atoms with Crippen molar-refractivity contribution in [2.75, 3.05) is 13.2 Å². The largest absolute Gasteiger partial charge is 0.482 e. The van der Waals surface area contributed by atoms with E-state index < -0.39 is 0 Å². The first-order chi connectivity index (χ1) is 10.7. The Kier molecular flexibility index (Phi) is 5.78. The first-order valence-corrected chi connectivity index (χ1v) is 7.70. The van der Waals surface area contributed by atoms with Gasteiger partial charge in [0.15, 0.2) is 6.61 Å². The van der Waals surface area contributed by atoms with Crippen molar-refractivity contribution in [1.82, 2.24) is 0 Å². The zero-order chi connectivity index (χ0) is 15.9. The molecule has 2 N–H and O–H groups in total. The molecule has 0 amide bonds. The molecule has 2 rings (SSSR count). The quantitative estimate of drug-likeness (QED) is 0.798. The number of nitrogens with two attached hydrogens (primary N) is 1. The number of ether oxygens (including phenoxy) is 2. The second-order valence-electron chi connectivity index (χ2n) is 5.23. The zero-order valence-electron chi connectivity index (χ0n) is 13.2. The lowest BCUT2D eigenvalue weighted by Gasteiger charge is -2.16. The van der Waals surface area contributed by atoms with E-state index >= 15 is 0 Å². The lowest BCUT2D eigenvalue weighted by molar-refractivity contribution is -0.145. The first-order valence-electron chi connectivity index (χ1n) is 7.70. The normalized spacial score (nSPS) is 12.1. The van der Waals surface area contributed by atoms with Crippen LogP contribution in [0.1, 0.15) is 25.8 Å². The van der Waals surface area contributed by atoms with Crippen LogP contribution in [0.4, 0.5) is 0 Å². The Hall–Kier alpha value is -2.07. The number of carbonyl (C=O) groups is 1. The summed E-state index contributed by atoms with van der Waals surface area (Å²) in [6.45, 7) is 4.11. The van der Waals surface area contributed by atoms with E-state index in [1.165, 1.54) is 0 Å². The maximum absolute atomic E-state index is 11.5. The van der Waals surface area contributed by atoms with Gasteiger partial charge in [0.1, 0.15) is 5.75 Å². The molecule has 2 aromatic carbocycles. The van der Waals surface area contributed by atoms with E-state index in [9.17, 15) is 4.79 Å². The van der Waals surface area contributed by atoms with E-state index in [4.69, 9.17) is 15.2 Å². The van der Waals surface area contributed by atoms with Crippen LogP contribution < -0.4 is 10.5 Å². The third-order valence-corrected chi connectivity index (χ3v) is 3.64. The van der Waals surface area contributed by atoms with E-state index in [0.29, 0.717) is 12.4 Å². The molecule has 0 bridgehead atoms. The number of benzene rings is 2. The van der Waals surface area contributed by atoms with Crippen LogP contribution in [0.2, 0.25) is 0 Å². The first kappa shape index (κ1) is 16.3. The van der Waals surface area contributed by atoms with Crippen molar-refractivity contribution in [3.05, 3.63) is 42.0 Å².